The fourth-order valence-electron chi connectivity index (χ4n) is 4.38. The summed E-state index contributed by atoms with van der Waals surface area (Å²) in [4.78, 5) is 0. The summed E-state index contributed by atoms with van der Waals surface area (Å²) in [5, 5.41) is 0. The molecule has 2 saturated carbocycles. The number of hydrogen-bond acceptors (Lipinski definition) is 1. The van der Waals surface area contributed by atoms with Crippen LogP contribution in [-0.2, 0) is 5.41 Å². The van der Waals surface area contributed by atoms with E-state index in [9.17, 15) is 0 Å². The summed E-state index contributed by atoms with van der Waals surface area (Å²) < 4.78 is 0. The first-order valence-electron chi connectivity index (χ1n) is 8.54. The normalized spacial score (nSPS) is 29.5. The van der Waals surface area contributed by atoms with Gasteiger partial charge in [-0.15, -0.1) is 0 Å². The number of hydrogen-bond donors (Lipinski definition) is 1. The maximum Gasteiger partial charge on any atom is 0.00756 e. The van der Waals surface area contributed by atoms with Crippen molar-refractivity contribution in [3.63, 3.8) is 0 Å². The zero-order valence-corrected chi connectivity index (χ0v) is 12.9. The molecule has 3 rings (SSSR count). The van der Waals surface area contributed by atoms with Crippen LogP contribution in [0.25, 0.3) is 0 Å². The summed E-state index contributed by atoms with van der Waals surface area (Å²) in [6.07, 6.45) is 10.8. The first kappa shape index (κ1) is 14.1. The summed E-state index contributed by atoms with van der Waals surface area (Å²) in [7, 11) is 0. The van der Waals surface area contributed by atoms with Gasteiger partial charge in [0.1, 0.15) is 0 Å². The van der Waals surface area contributed by atoms with Crippen molar-refractivity contribution in [2.45, 2.75) is 69.6 Å². The highest BCUT2D eigenvalue weighted by Crippen LogP contribution is 2.42. The van der Waals surface area contributed by atoms with E-state index in [1.165, 1.54) is 56.9 Å². The monoisotopic (exact) mass is 271 g/mol. The molecule has 1 nitrogen and oxygen atoms in total. The SMILES string of the molecule is CC1CCC(c2cccc(C3(CN)CCCC3)c2)CC1. The Hall–Kier alpha value is -0.820. The Bertz CT molecular complexity index is 437. The summed E-state index contributed by atoms with van der Waals surface area (Å²) in [6, 6.07) is 9.45. The Balaban J connectivity index is 1.82. The van der Waals surface area contributed by atoms with Crippen LogP contribution in [0, 0.1) is 5.92 Å². The molecule has 0 bridgehead atoms. The third kappa shape index (κ3) is 2.65. The fraction of sp³-hybridized carbons (Fsp3) is 0.684. The van der Waals surface area contributed by atoms with Gasteiger partial charge in [0.2, 0.25) is 0 Å². The quantitative estimate of drug-likeness (QED) is 0.843. The Morgan fingerprint density at radius 2 is 1.80 bits per heavy atom. The van der Waals surface area contributed by atoms with Crippen molar-refractivity contribution in [2.75, 3.05) is 6.54 Å². The van der Waals surface area contributed by atoms with E-state index in [1.54, 1.807) is 5.56 Å². The molecule has 1 aromatic rings. The van der Waals surface area contributed by atoms with Gasteiger partial charge in [-0.2, -0.15) is 0 Å². The number of nitrogens with two attached hydrogens (primary N) is 1. The largest absolute Gasteiger partial charge is 0.330 e. The second-order valence-corrected chi connectivity index (χ2v) is 7.27. The molecule has 2 aliphatic carbocycles. The topological polar surface area (TPSA) is 26.0 Å². The maximum atomic E-state index is 6.15. The molecule has 20 heavy (non-hydrogen) atoms. The van der Waals surface area contributed by atoms with Gasteiger partial charge in [-0.05, 0) is 48.6 Å². The molecule has 0 radical (unpaired) electrons. The Morgan fingerprint density at radius 3 is 2.45 bits per heavy atom. The molecule has 1 heteroatoms. The average Bonchev–Trinajstić information content (AvgIpc) is 2.98. The molecular weight excluding hydrogens is 242 g/mol. The Kier molecular flexibility index (Phi) is 4.16. The molecule has 0 aromatic heterocycles. The average molecular weight is 271 g/mol. The molecule has 1 aromatic carbocycles. The predicted octanol–water partition coefficient (Wildman–Crippen LogP) is 4.75. The van der Waals surface area contributed by atoms with E-state index in [2.05, 4.69) is 31.2 Å². The lowest BCUT2D eigenvalue weighted by Gasteiger charge is -2.31. The summed E-state index contributed by atoms with van der Waals surface area (Å²) in [5.41, 5.74) is 9.54. The van der Waals surface area contributed by atoms with Crippen LogP contribution in [-0.4, -0.2) is 6.54 Å². The zero-order chi connectivity index (χ0) is 14.0. The predicted molar refractivity (Wildman–Crippen MR) is 86.0 cm³/mol. The van der Waals surface area contributed by atoms with Crippen molar-refractivity contribution in [1.82, 2.24) is 0 Å². The molecule has 0 spiro atoms. The molecule has 110 valence electrons. The maximum absolute atomic E-state index is 6.15. The lowest BCUT2D eigenvalue weighted by molar-refractivity contribution is 0.347. The van der Waals surface area contributed by atoms with E-state index in [1.807, 2.05) is 0 Å². The molecule has 2 aliphatic rings. The van der Waals surface area contributed by atoms with Crippen LogP contribution >= 0.6 is 0 Å². The first-order chi connectivity index (χ1) is 9.73. The highest BCUT2D eigenvalue weighted by atomic mass is 14.6. The lowest BCUT2D eigenvalue weighted by Crippen LogP contribution is -2.32. The Morgan fingerprint density at radius 1 is 1.10 bits per heavy atom. The molecule has 0 aliphatic heterocycles. The van der Waals surface area contributed by atoms with E-state index >= 15 is 0 Å². The first-order valence-corrected chi connectivity index (χ1v) is 8.54. The van der Waals surface area contributed by atoms with Gasteiger partial charge < -0.3 is 5.73 Å². The van der Waals surface area contributed by atoms with Gasteiger partial charge in [-0.25, -0.2) is 0 Å². The molecule has 0 unspecified atom stereocenters. The number of benzene rings is 1. The smallest absolute Gasteiger partial charge is 0.00756 e. The van der Waals surface area contributed by atoms with Gasteiger partial charge >= 0.3 is 0 Å². The molecule has 0 amide bonds. The molecule has 2 N–H and O–H groups in total. The second-order valence-electron chi connectivity index (χ2n) is 7.27. The minimum atomic E-state index is 0.290. The van der Waals surface area contributed by atoms with E-state index < -0.39 is 0 Å². The van der Waals surface area contributed by atoms with Gasteiger partial charge in [0.25, 0.3) is 0 Å². The fourth-order valence-corrected chi connectivity index (χ4v) is 4.38. The second kappa shape index (κ2) is 5.89. The van der Waals surface area contributed by atoms with Crippen LogP contribution in [0.4, 0.5) is 0 Å². The van der Waals surface area contributed by atoms with Gasteiger partial charge in [0.15, 0.2) is 0 Å². The standard InChI is InChI=1S/C19H29N/c1-15-7-9-16(10-8-15)17-5-4-6-18(13-17)19(14-20)11-2-3-12-19/h4-6,13,15-16H,2-3,7-12,14,20H2,1H3. The van der Waals surface area contributed by atoms with Crippen molar-refractivity contribution in [2.24, 2.45) is 11.7 Å². The minimum absolute atomic E-state index is 0.290. The van der Waals surface area contributed by atoms with Gasteiger partial charge in [0, 0.05) is 12.0 Å². The van der Waals surface area contributed by atoms with Gasteiger partial charge in [-0.3, -0.25) is 0 Å². The van der Waals surface area contributed by atoms with Crippen LogP contribution < -0.4 is 5.73 Å². The van der Waals surface area contributed by atoms with E-state index in [0.717, 1.165) is 18.4 Å². The van der Waals surface area contributed by atoms with E-state index in [0.29, 0.717) is 0 Å². The van der Waals surface area contributed by atoms with Crippen molar-refractivity contribution in [3.05, 3.63) is 35.4 Å². The summed E-state index contributed by atoms with van der Waals surface area (Å²) >= 11 is 0. The van der Waals surface area contributed by atoms with Crippen molar-refractivity contribution in [3.8, 4) is 0 Å². The van der Waals surface area contributed by atoms with Crippen LogP contribution in [0.15, 0.2) is 24.3 Å². The van der Waals surface area contributed by atoms with E-state index in [-0.39, 0.29) is 5.41 Å². The molecule has 0 atom stereocenters. The molecule has 2 fully saturated rings. The molecular formula is C19H29N. The van der Waals surface area contributed by atoms with Crippen LogP contribution in [0.2, 0.25) is 0 Å². The molecule has 0 heterocycles. The number of rotatable bonds is 3. The van der Waals surface area contributed by atoms with Gasteiger partial charge in [0.05, 0.1) is 0 Å². The van der Waals surface area contributed by atoms with E-state index in [4.69, 9.17) is 5.73 Å². The third-order valence-electron chi connectivity index (χ3n) is 5.94. The van der Waals surface area contributed by atoms with Crippen LogP contribution in [0.1, 0.15) is 75.3 Å². The summed E-state index contributed by atoms with van der Waals surface area (Å²) in [6.45, 7) is 3.22. The highest BCUT2D eigenvalue weighted by Gasteiger charge is 2.34. The summed E-state index contributed by atoms with van der Waals surface area (Å²) in [5.74, 6) is 1.72. The zero-order valence-electron chi connectivity index (χ0n) is 12.9. The highest BCUT2D eigenvalue weighted by molar-refractivity contribution is 5.33. The Labute approximate surface area is 124 Å². The lowest BCUT2D eigenvalue weighted by atomic mass is 9.75. The van der Waals surface area contributed by atoms with Gasteiger partial charge in [-0.1, -0.05) is 56.9 Å². The molecule has 0 saturated heterocycles. The van der Waals surface area contributed by atoms with Crippen LogP contribution in [0.3, 0.4) is 0 Å². The van der Waals surface area contributed by atoms with Crippen molar-refractivity contribution < 1.29 is 0 Å². The third-order valence-corrected chi connectivity index (χ3v) is 5.94. The van der Waals surface area contributed by atoms with Crippen LogP contribution in [0.5, 0.6) is 0 Å². The van der Waals surface area contributed by atoms with Crippen molar-refractivity contribution in [1.29, 1.82) is 0 Å². The van der Waals surface area contributed by atoms with Crippen molar-refractivity contribution >= 4 is 0 Å². The minimum Gasteiger partial charge on any atom is -0.330 e.